The zero-order valence-corrected chi connectivity index (χ0v) is 12.0. The van der Waals surface area contributed by atoms with Crippen molar-refractivity contribution in [1.82, 2.24) is 10.2 Å². The molecule has 0 saturated carbocycles. The van der Waals surface area contributed by atoms with Crippen LogP contribution >= 0.6 is 15.9 Å². The number of anilines is 1. The number of nitriles is 1. The minimum absolute atomic E-state index is 0.123. The van der Waals surface area contributed by atoms with Crippen LogP contribution in [0.2, 0.25) is 0 Å². The first-order chi connectivity index (χ1) is 9.19. The maximum absolute atomic E-state index is 11.7. The molecule has 0 unspecified atom stereocenters. The first-order valence-electron chi connectivity index (χ1n) is 6.16. The number of nitrogens with zero attached hydrogens (tertiary/aromatic N) is 2. The minimum atomic E-state index is -0.247. The highest BCUT2D eigenvalue weighted by atomic mass is 79.9. The van der Waals surface area contributed by atoms with Gasteiger partial charge < -0.3 is 15.5 Å². The second-order valence-corrected chi connectivity index (χ2v) is 5.35. The average Bonchev–Trinajstić information content (AvgIpc) is 2.83. The van der Waals surface area contributed by atoms with Gasteiger partial charge in [-0.3, -0.25) is 0 Å². The lowest BCUT2D eigenvalue weighted by Crippen LogP contribution is -2.39. The largest absolute Gasteiger partial charge is 0.336 e. The van der Waals surface area contributed by atoms with E-state index in [0.717, 1.165) is 29.5 Å². The number of nitrogens with one attached hydrogen (secondary N) is 2. The van der Waals surface area contributed by atoms with Gasteiger partial charge >= 0.3 is 6.03 Å². The predicted molar refractivity (Wildman–Crippen MR) is 76.5 cm³/mol. The minimum Gasteiger partial charge on any atom is -0.336 e. The molecule has 1 heterocycles. The molecular weight excluding hydrogens is 308 g/mol. The molecule has 2 rings (SSSR count). The summed E-state index contributed by atoms with van der Waals surface area (Å²) in [5, 5.41) is 14.5. The number of hydrogen-bond donors (Lipinski definition) is 2. The van der Waals surface area contributed by atoms with Crippen LogP contribution in [0.25, 0.3) is 0 Å². The fourth-order valence-corrected chi connectivity index (χ4v) is 2.53. The summed E-state index contributed by atoms with van der Waals surface area (Å²) in [5.74, 6) is 0. The van der Waals surface area contributed by atoms with Gasteiger partial charge in [-0.05, 0) is 31.0 Å². The number of hydrogen-bond acceptors (Lipinski definition) is 3. The monoisotopic (exact) mass is 322 g/mol. The van der Waals surface area contributed by atoms with Crippen molar-refractivity contribution >= 4 is 27.6 Å². The summed E-state index contributed by atoms with van der Waals surface area (Å²) >= 11 is 3.35. The molecule has 100 valence electrons. The number of carbonyl (C=O) groups is 1. The molecule has 0 aliphatic carbocycles. The van der Waals surface area contributed by atoms with Crippen molar-refractivity contribution in [3.8, 4) is 6.19 Å². The Bertz CT molecular complexity index is 500. The predicted octanol–water partition coefficient (Wildman–Crippen LogP) is 2.52. The number of amides is 2. The van der Waals surface area contributed by atoms with E-state index in [4.69, 9.17) is 5.26 Å². The summed E-state index contributed by atoms with van der Waals surface area (Å²) < 4.78 is 0.914. The van der Waals surface area contributed by atoms with E-state index in [-0.39, 0.29) is 12.1 Å². The molecule has 6 heteroatoms. The van der Waals surface area contributed by atoms with Gasteiger partial charge in [0.15, 0.2) is 6.19 Å². The van der Waals surface area contributed by atoms with Gasteiger partial charge in [0.05, 0.1) is 6.04 Å². The molecule has 0 bridgehead atoms. The zero-order valence-electron chi connectivity index (χ0n) is 10.4. The molecular formula is C13H15BrN4O. The molecule has 2 amide bonds. The Balaban J connectivity index is 1.80. The number of likely N-dealkylation sites (tertiary alicyclic amines) is 1. The van der Waals surface area contributed by atoms with E-state index < -0.39 is 0 Å². The van der Waals surface area contributed by atoms with E-state index >= 15 is 0 Å². The number of benzene rings is 1. The van der Waals surface area contributed by atoms with Crippen molar-refractivity contribution in [3.63, 3.8) is 0 Å². The van der Waals surface area contributed by atoms with Gasteiger partial charge in [-0.1, -0.05) is 22.0 Å². The Morgan fingerprint density at radius 1 is 1.58 bits per heavy atom. The number of rotatable bonds is 3. The van der Waals surface area contributed by atoms with E-state index in [2.05, 4.69) is 32.8 Å². The summed E-state index contributed by atoms with van der Waals surface area (Å²) in [6, 6.07) is 7.28. The lowest BCUT2D eigenvalue weighted by molar-refractivity contribution is 0.248. The molecule has 5 nitrogen and oxygen atoms in total. The number of urea groups is 1. The lowest BCUT2D eigenvalue weighted by atomic mass is 10.2. The van der Waals surface area contributed by atoms with Crippen LogP contribution in [0, 0.1) is 11.5 Å². The van der Waals surface area contributed by atoms with Crippen LogP contribution in [-0.2, 0) is 0 Å². The average molecular weight is 323 g/mol. The van der Waals surface area contributed by atoms with Gasteiger partial charge in [-0.15, -0.1) is 0 Å². The Labute approximate surface area is 120 Å². The van der Waals surface area contributed by atoms with Crippen molar-refractivity contribution in [1.29, 1.82) is 5.26 Å². The summed E-state index contributed by atoms with van der Waals surface area (Å²) in [5.41, 5.74) is 0.732. The molecule has 1 aromatic carbocycles. The maximum atomic E-state index is 11.7. The normalized spacial score (nSPS) is 17.9. The molecule has 19 heavy (non-hydrogen) atoms. The van der Waals surface area contributed by atoms with Gasteiger partial charge in [0, 0.05) is 23.2 Å². The lowest BCUT2D eigenvalue weighted by Gasteiger charge is -2.18. The van der Waals surface area contributed by atoms with E-state index in [1.54, 1.807) is 4.90 Å². The second-order valence-electron chi connectivity index (χ2n) is 4.43. The topological polar surface area (TPSA) is 68.2 Å². The highest BCUT2D eigenvalue weighted by Gasteiger charge is 2.23. The maximum Gasteiger partial charge on any atom is 0.319 e. The van der Waals surface area contributed by atoms with Crippen LogP contribution in [0.4, 0.5) is 10.5 Å². The Kier molecular flexibility index (Phi) is 4.63. The van der Waals surface area contributed by atoms with Crippen LogP contribution in [-0.4, -0.2) is 30.1 Å². The molecule has 1 fully saturated rings. The van der Waals surface area contributed by atoms with Crippen LogP contribution in [0.15, 0.2) is 28.7 Å². The fourth-order valence-electron chi connectivity index (χ4n) is 2.13. The van der Waals surface area contributed by atoms with Crippen molar-refractivity contribution in [2.75, 3.05) is 18.4 Å². The zero-order chi connectivity index (χ0) is 13.7. The Hall–Kier alpha value is -1.74. The standard InChI is InChI=1S/C13H15BrN4O/c14-10-3-1-4-11(7-10)17-13(19)16-8-12-5-2-6-18(12)9-15/h1,3-4,7,12H,2,5-6,8H2,(H2,16,17,19)/t12-/m1/s1. The molecule has 0 spiro atoms. The Morgan fingerprint density at radius 2 is 2.42 bits per heavy atom. The molecule has 1 aliphatic heterocycles. The van der Waals surface area contributed by atoms with Gasteiger partial charge in [-0.25, -0.2) is 4.79 Å². The molecule has 2 N–H and O–H groups in total. The summed E-state index contributed by atoms with van der Waals surface area (Å²) in [4.78, 5) is 13.5. The summed E-state index contributed by atoms with van der Waals surface area (Å²) in [6.07, 6.45) is 4.11. The van der Waals surface area contributed by atoms with Crippen LogP contribution in [0.3, 0.4) is 0 Å². The second kappa shape index (κ2) is 6.43. The van der Waals surface area contributed by atoms with Crippen LogP contribution in [0.1, 0.15) is 12.8 Å². The van der Waals surface area contributed by atoms with Gasteiger partial charge in [0.2, 0.25) is 0 Å². The van der Waals surface area contributed by atoms with E-state index in [1.165, 1.54) is 0 Å². The molecule has 1 aromatic rings. The molecule has 0 radical (unpaired) electrons. The SMILES string of the molecule is N#CN1CCC[C@@H]1CNC(=O)Nc1cccc(Br)c1. The van der Waals surface area contributed by atoms with E-state index in [1.807, 2.05) is 24.3 Å². The first kappa shape index (κ1) is 13.7. The van der Waals surface area contributed by atoms with Gasteiger partial charge in [0.25, 0.3) is 0 Å². The third kappa shape index (κ3) is 3.86. The van der Waals surface area contributed by atoms with E-state index in [0.29, 0.717) is 6.54 Å². The van der Waals surface area contributed by atoms with Crippen molar-refractivity contribution < 1.29 is 4.79 Å². The van der Waals surface area contributed by atoms with Crippen molar-refractivity contribution in [3.05, 3.63) is 28.7 Å². The smallest absolute Gasteiger partial charge is 0.319 e. The number of carbonyl (C=O) groups excluding carboxylic acids is 1. The van der Waals surface area contributed by atoms with Crippen LogP contribution < -0.4 is 10.6 Å². The first-order valence-corrected chi connectivity index (χ1v) is 6.95. The third-order valence-electron chi connectivity index (χ3n) is 3.09. The van der Waals surface area contributed by atoms with Gasteiger partial charge in [0.1, 0.15) is 0 Å². The van der Waals surface area contributed by atoms with Gasteiger partial charge in [-0.2, -0.15) is 5.26 Å². The fraction of sp³-hybridized carbons (Fsp3) is 0.385. The molecule has 1 aliphatic rings. The van der Waals surface area contributed by atoms with Crippen LogP contribution in [0.5, 0.6) is 0 Å². The molecule has 1 saturated heterocycles. The highest BCUT2D eigenvalue weighted by molar-refractivity contribution is 9.10. The molecule has 1 atom stereocenters. The summed E-state index contributed by atoms with van der Waals surface area (Å²) in [7, 11) is 0. The van der Waals surface area contributed by atoms with Crippen molar-refractivity contribution in [2.24, 2.45) is 0 Å². The van der Waals surface area contributed by atoms with Crippen molar-refractivity contribution in [2.45, 2.75) is 18.9 Å². The molecule has 0 aromatic heterocycles. The highest BCUT2D eigenvalue weighted by Crippen LogP contribution is 2.16. The quantitative estimate of drug-likeness (QED) is 0.840. The van der Waals surface area contributed by atoms with E-state index in [9.17, 15) is 4.79 Å². The third-order valence-corrected chi connectivity index (χ3v) is 3.58. The summed E-state index contributed by atoms with van der Waals surface area (Å²) in [6.45, 7) is 1.28. The number of halogens is 1. The Morgan fingerprint density at radius 3 is 3.16 bits per heavy atom.